The third-order valence-corrected chi connectivity index (χ3v) is 5.04. The summed E-state index contributed by atoms with van der Waals surface area (Å²) in [5, 5.41) is 4.98. The number of alkyl halides is 5. The van der Waals surface area contributed by atoms with Crippen LogP contribution in [-0.2, 0) is 17.5 Å². The van der Waals surface area contributed by atoms with Gasteiger partial charge in [-0.2, -0.15) is 18.3 Å². The van der Waals surface area contributed by atoms with Gasteiger partial charge in [0.25, 0.3) is 6.43 Å². The lowest BCUT2D eigenvalue weighted by atomic mass is 10.1. The summed E-state index contributed by atoms with van der Waals surface area (Å²) in [6, 6.07) is 0. The van der Waals surface area contributed by atoms with Crippen molar-refractivity contribution in [2.75, 3.05) is 5.32 Å². The zero-order chi connectivity index (χ0) is 22.5. The molecule has 1 aromatic carbocycles. The number of hydrogen-bond acceptors (Lipinski definition) is 2. The summed E-state index contributed by atoms with van der Waals surface area (Å²) < 4.78 is 120. The number of benzene rings is 1. The minimum absolute atomic E-state index is 0.0585. The van der Waals surface area contributed by atoms with E-state index in [0.29, 0.717) is 12.8 Å². The van der Waals surface area contributed by atoms with Crippen molar-refractivity contribution in [1.82, 2.24) is 9.78 Å². The number of anilines is 1. The molecule has 3 rings (SSSR count). The van der Waals surface area contributed by atoms with Crippen LogP contribution in [0.15, 0.2) is 4.47 Å². The summed E-state index contributed by atoms with van der Waals surface area (Å²) in [6.45, 7) is -0.889. The second-order valence-electron chi connectivity index (χ2n) is 6.37. The summed E-state index contributed by atoms with van der Waals surface area (Å²) >= 11 is 2.95. The van der Waals surface area contributed by atoms with E-state index in [1.807, 2.05) is 0 Å². The van der Waals surface area contributed by atoms with E-state index in [1.54, 1.807) is 0 Å². The van der Waals surface area contributed by atoms with E-state index in [1.165, 1.54) is 5.32 Å². The van der Waals surface area contributed by atoms with Crippen LogP contribution in [0, 0.1) is 23.3 Å². The largest absolute Gasteiger partial charge is 0.422 e. The van der Waals surface area contributed by atoms with Gasteiger partial charge in [-0.05, 0) is 28.8 Å². The SMILES string of the molecule is O=C(Cn1nc(C(F)F)c(Br)c1C1CC1)Nc1c(F)c(F)c(C(F)(F)F)c(F)c1F. The molecule has 1 saturated carbocycles. The van der Waals surface area contributed by atoms with Crippen LogP contribution in [0.25, 0.3) is 0 Å². The van der Waals surface area contributed by atoms with Crippen molar-refractivity contribution in [1.29, 1.82) is 0 Å². The van der Waals surface area contributed by atoms with Crippen molar-refractivity contribution in [2.24, 2.45) is 0 Å². The Kier molecular flexibility index (Phi) is 5.82. The molecule has 0 bridgehead atoms. The van der Waals surface area contributed by atoms with Gasteiger partial charge in [-0.25, -0.2) is 26.3 Å². The zero-order valence-electron chi connectivity index (χ0n) is 14.4. The fourth-order valence-corrected chi connectivity index (χ4v) is 3.57. The van der Waals surface area contributed by atoms with Gasteiger partial charge in [0.15, 0.2) is 23.3 Å². The second-order valence-corrected chi connectivity index (χ2v) is 7.16. The van der Waals surface area contributed by atoms with Crippen LogP contribution in [-0.4, -0.2) is 15.7 Å². The molecule has 1 aliphatic rings. The molecule has 2 aromatic rings. The highest BCUT2D eigenvalue weighted by molar-refractivity contribution is 9.10. The summed E-state index contributed by atoms with van der Waals surface area (Å²) in [6.07, 6.45) is -7.53. The number of carbonyl (C=O) groups excluding carboxylic acids is 1. The highest BCUT2D eigenvalue weighted by Crippen LogP contribution is 2.45. The molecule has 1 aromatic heterocycles. The van der Waals surface area contributed by atoms with Gasteiger partial charge in [-0.3, -0.25) is 9.48 Å². The zero-order valence-corrected chi connectivity index (χ0v) is 15.9. The number of hydrogen-bond donors (Lipinski definition) is 1. The third-order valence-electron chi connectivity index (χ3n) is 4.23. The Morgan fingerprint density at radius 1 is 1.10 bits per heavy atom. The van der Waals surface area contributed by atoms with Crippen LogP contribution in [0.2, 0.25) is 0 Å². The average Bonchev–Trinajstić information content (AvgIpc) is 3.40. The summed E-state index contributed by atoms with van der Waals surface area (Å²) in [5.41, 5.74) is -5.04. The van der Waals surface area contributed by atoms with E-state index < -0.39 is 65.3 Å². The molecule has 164 valence electrons. The smallest absolute Gasteiger partial charge is 0.319 e. The molecule has 0 radical (unpaired) electrons. The van der Waals surface area contributed by atoms with Crippen molar-refractivity contribution >= 4 is 27.5 Å². The van der Waals surface area contributed by atoms with Gasteiger partial charge in [-0.15, -0.1) is 0 Å². The van der Waals surface area contributed by atoms with E-state index in [9.17, 15) is 44.3 Å². The number of halogens is 10. The number of nitrogens with zero attached hydrogens (tertiary/aromatic N) is 2. The molecular formula is C16H9BrF9N3O. The van der Waals surface area contributed by atoms with Crippen molar-refractivity contribution < 1.29 is 44.3 Å². The lowest BCUT2D eigenvalue weighted by molar-refractivity contribution is -0.143. The van der Waals surface area contributed by atoms with Gasteiger partial charge < -0.3 is 5.32 Å². The Bertz CT molecular complexity index is 986. The number of amides is 1. The van der Waals surface area contributed by atoms with Crippen LogP contribution in [0.1, 0.15) is 42.1 Å². The van der Waals surface area contributed by atoms with Crippen LogP contribution in [0.5, 0.6) is 0 Å². The average molecular weight is 510 g/mol. The third kappa shape index (κ3) is 4.01. The first-order chi connectivity index (χ1) is 13.8. The molecule has 0 spiro atoms. The fourth-order valence-electron chi connectivity index (χ4n) is 2.78. The molecule has 1 fully saturated rings. The number of aromatic nitrogens is 2. The predicted molar refractivity (Wildman–Crippen MR) is 86.8 cm³/mol. The summed E-state index contributed by atoms with van der Waals surface area (Å²) in [5.74, 6) is -12.0. The van der Waals surface area contributed by atoms with Crippen LogP contribution < -0.4 is 5.32 Å². The Morgan fingerprint density at radius 3 is 2.07 bits per heavy atom. The first kappa shape index (κ1) is 22.4. The van der Waals surface area contributed by atoms with E-state index in [2.05, 4.69) is 21.0 Å². The Labute approximate surface area is 170 Å². The number of rotatable bonds is 5. The minimum Gasteiger partial charge on any atom is -0.319 e. The molecule has 1 amide bonds. The van der Waals surface area contributed by atoms with Crippen molar-refractivity contribution in [2.45, 2.75) is 37.9 Å². The molecule has 30 heavy (non-hydrogen) atoms. The maximum absolute atomic E-state index is 13.9. The predicted octanol–water partition coefficient (Wildman–Crippen LogP) is 5.67. The molecule has 14 heteroatoms. The monoisotopic (exact) mass is 509 g/mol. The molecule has 0 atom stereocenters. The Hall–Kier alpha value is -2.25. The van der Waals surface area contributed by atoms with Crippen LogP contribution >= 0.6 is 15.9 Å². The first-order valence-electron chi connectivity index (χ1n) is 8.11. The van der Waals surface area contributed by atoms with Gasteiger partial charge >= 0.3 is 6.18 Å². The van der Waals surface area contributed by atoms with Gasteiger partial charge in [-0.1, -0.05) is 0 Å². The van der Waals surface area contributed by atoms with Gasteiger partial charge in [0, 0.05) is 5.92 Å². The highest BCUT2D eigenvalue weighted by Gasteiger charge is 2.42. The van der Waals surface area contributed by atoms with Crippen molar-refractivity contribution in [3.63, 3.8) is 0 Å². The molecule has 0 saturated heterocycles. The quantitative estimate of drug-likeness (QED) is 0.416. The molecule has 4 nitrogen and oxygen atoms in total. The van der Waals surface area contributed by atoms with Gasteiger partial charge in [0.1, 0.15) is 23.5 Å². The highest BCUT2D eigenvalue weighted by atomic mass is 79.9. The Morgan fingerprint density at radius 2 is 1.63 bits per heavy atom. The molecule has 1 heterocycles. The van der Waals surface area contributed by atoms with Crippen molar-refractivity contribution in [3.8, 4) is 0 Å². The maximum atomic E-state index is 13.9. The lowest BCUT2D eigenvalue weighted by Gasteiger charge is -2.15. The standard InChI is InChI=1S/C16H9BrF9N3O/c17-7-12(15(22)23)28-29(14(7)4-1-2-4)3-5(30)27-13-10(20)8(18)6(16(24,25)26)9(19)11(13)21/h4,15H,1-3H2,(H,27,30). The fraction of sp³-hybridized carbons (Fsp3) is 0.375. The topological polar surface area (TPSA) is 46.9 Å². The maximum Gasteiger partial charge on any atom is 0.422 e. The number of carbonyl (C=O) groups is 1. The van der Waals surface area contributed by atoms with E-state index in [0.717, 1.165) is 4.68 Å². The normalized spacial score (nSPS) is 14.5. The second kappa shape index (κ2) is 7.78. The van der Waals surface area contributed by atoms with Gasteiger partial charge in [0.05, 0.1) is 10.2 Å². The molecule has 0 aliphatic heterocycles. The van der Waals surface area contributed by atoms with Crippen LogP contribution in [0.4, 0.5) is 45.2 Å². The molecule has 1 aliphatic carbocycles. The lowest BCUT2D eigenvalue weighted by Crippen LogP contribution is -2.24. The first-order valence-corrected chi connectivity index (χ1v) is 8.91. The number of nitrogens with one attached hydrogen (secondary N) is 1. The summed E-state index contributed by atoms with van der Waals surface area (Å²) in [4.78, 5) is 12.1. The molecule has 0 unspecified atom stereocenters. The van der Waals surface area contributed by atoms with E-state index >= 15 is 0 Å². The van der Waals surface area contributed by atoms with Crippen molar-refractivity contribution in [3.05, 3.63) is 44.7 Å². The Balaban J connectivity index is 1.92. The molecular weight excluding hydrogens is 501 g/mol. The van der Waals surface area contributed by atoms with Crippen LogP contribution in [0.3, 0.4) is 0 Å². The van der Waals surface area contributed by atoms with Gasteiger partial charge in [0.2, 0.25) is 5.91 Å². The van der Waals surface area contributed by atoms with E-state index in [-0.39, 0.29) is 16.1 Å². The summed E-state index contributed by atoms with van der Waals surface area (Å²) in [7, 11) is 0. The van der Waals surface area contributed by atoms with E-state index in [4.69, 9.17) is 0 Å². The minimum atomic E-state index is -5.73. The molecule has 1 N–H and O–H groups in total.